The van der Waals surface area contributed by atoms with Crippen LogP contribution in [-0.4, -0.2) is 4.57 Å². The lowest BCUT2D eigenvalue weighted by molar-refractivity contribution is 1.18. The molecule has 3 heteroatoms. The Kier molecular flexibility index (Phi) is 8.75. The number of thiophene rings is 1. The van der Waals surface area contributed by atoms with Gasteiger partial charge in [0.05, 0.1) is 22.4 Å². The van der Waals surface area contributed by atoms with Crippen molar-refractivity contribution in [3.8, 4) is 39.1 Å². The van der Waals surface area contributed by atoms with Gasteiger partial charge in [-0.25, -0.2) is 0 Å². The molecule has 0 radical (unpaired) electrons. The summed E-state index contributed by atoms with van der Waals surface area (Å²) in [6.45, 7) is 0. The molecule has 0 unspecified atom stereocenters. The van der Waals surface area contributed by atoms with Crippen molar-refractivity contribution in [3.63, 3.8) is 0 Å². The van der Waals surface area contributed by atoms with Crippen LogP contribution in [0.25, 0.3) is 103 Å². The molecule has 0 aliphatic heterocycles. The van der Waals surface area contributed by atoms with E-state index in [0.717, 1.165) is 33.9 Å². The number of nitrogens with zero attached hydrogens (tertiary/aromatic N) is 2. The van der Waals surface area contributed by atoms with Gasteiger partial charge in [0, 0.05) is 53.4 Å². The van der Waals surface area contributed by atoms with E-state index in [1.807, 2.05) is 11.3 Å². The quantitative estimate of drug-likeness (QED) is 0.145. The fraction of sp³-hybridized carbons (Fsp3) is 0. The summed E-state index contributed by atoms with van der Waals surface area (Å²) in [7, 11) is 0. The molecule has 0 amide bonds. The summed E-state index contributed by atoms with van der Waals surface area (Å²) in [5, 5.41) is 10.1. The number of aromatic nitrogens is 1. The zero-order valence-electron chi connectivity index (χ0n) is 35.4. The molecule has 304 valence electrons. The Hall–Kier alpha value is -8.24. The molecule has 0 fully saturated rings. The predicted molar refractivity (Wildman–Crippen MR) is 280 cm³/mol. The Morgan fingerprint density at radius 3 is 1.65 bits per heavy atom. The van der Waals surface area contributed by atoms with Gasteiger partial charge in [-0.3, -0.25) is 0 Å². The highest BCUT2D eigenvalue weighted by molar-refractivity contribution is 7.25. The minimum atomic E-state index is 1.09. The highest BCUT2D eigenvalue weighted by atomic mass is 32.1. The number of hydrogen-bond donors (Lipinski definition) is 0. The van der Waals surface area contributed by atoms with Crippen LogP contribution in [-0.2, 0) is 0 Å². The predicted octanol–water partition coefficient (Wildman–Crippen LogP) is 17.9. The topological polar surface area (TPSA) is 8.17 Å². The summed E-state index contributed by atoms with van der Waals surface area (Å²) in [4.78, 5) is 2.43. The fourth-order valence-electron chi connectivity index (χ4n) is 10.2. The largest absolute Gasteiger partial charge is 0.310 e. The number of hydrogen-bond acceptors (Lipinski definition) is 2. The number of rotatable bonds is 7. The molecular weight excluding hydrogens is 805 g/mol. The van der Waals surface area contributed by atoms with Crippen LogP contribution < -0.4 is 4.90 Å². The number of benzene rings is 11. The summed E-state index contributed by atoms with van der Waals surface area (Å²) in [6, 6.07) is 89.1. The molecular formula is C62H40N2S. The SMILES string of the molecule is c1ccc(N(c2ccc(-c3cc4ccccc4c4ccccc34)cc2)c2ccc(-c3ccccc3-n3c4ccccc4c4ccccc43)cc2-c2ccc3sc4ccccc4c3c2)cc1. The van der Waals surface area contributed by atoms with Crippen molar-refractivity contribution < 1.29 is 0 Å². The normalized spacial score (nSPS) is 11.7. The molecule has 0 saturated heterocycles. The number of para-hydroxylation sites is 4. The van der Waals surface area contributed by atoms with E-state index < -0.39 is 0 Å². The van der Waals surface area contributed by atoms with E-state index in [4.69, 9.17) is 0 Å². The summed E-state index contributed by atoms with van der Waals surface area (Å²) in [5.41, 5.74) is 13.9. The van der Waals surface area contributed by atoms with Crippen molar-refractivity contribution in [2.24, 2.45) is 0 Å². The van der Waals surface area contributed by atoms with Crippen molar-refractivity contribution >= 4 is 91.9 Å². The number of anilines is 3. The minimum Gasteiger partial charge on any atom is -0.310 e. The molecule has 2 nitrogen and oxygen atoms in total. The van der Waals surface area contributed by atoms with E-state index in [-0.39, 0.29) is 0 Å². The molecule has 0 spiro atoms. The van der Waals surface area contributed by atoms with Crippen LogP contribution in [0.4, 0.5) is 17.1 Å². The first-order valence-electron chi connectivity index (χ1n) is 22.2. The van der Waals surface area contributed by atoms with Gasteiger partial charge in [0.25, 0.3) is 0 Å². The fourth-order valence-corrected chi connectivity index (χ4v) is 11.3. The molecule has 13 aromatic rings. The van der Waals surface area contributed by atoms with Crippen molar-refractivity contribution in [3.05, 3.63) is 243 Å². The molecule has 0 atom stereocenters. The maximum absolute atomic E-state index is 2.44. The van der Waals surface area contributed by atoms with E-state index in [9.17, 15) is 0 Å². The standard InChI is InChI=1S/C62H40N2S/c1-2-17-45(18-3-1)63(46-34-30-41(31-35-46)54-38-42-16-4-5-19-47(42)49-21-6-7-22-50(49)54)60-36-32-43(39-55(60)44-33-37-62-56(40-44)53-25-11-15-29-61(53)65-62)48-20-8-12-26-57(48)64-58-27-13-9-23-51(58)52-24-10-14-28-59(52)64/h1-40H. The van der Waals surface area contributed by atoms with E-state index in [1.54, 1.807) is 0 Å². The Morgan fingerprint density at radius 1 is 0.308 bits per heavy atom. The number of fused-ring (bicyclic) bond motifs is 9. The summed E-state index contributed by atoms with van der Waals surface area (Å²) in [6.07, 6.45) is 0. The summed E-state index contributed by atoms with van der Waals surface area (Å²) >= 11 is 1.86. The molecule has 13 rings (SSSR count). The first-order chi connectivity index (χ1) is 32.2. The molecule has 0 aliphatic rings. The third kappa shape index (κ3) is 6.16. The molecule has 2 heterocycles. The van der Waals surface area contributed by atoms with Crippen LogP contribution in [0.5, 0.6) is 0 Å². The zero-order valence-corrected chi connectivity index (χ0v) is 36.2. The van der Waals surface area contributed by atoms with Gasteiger partial charge in [-0.05, 0) is 123 Å². The van der Waals surface area contributed by atoms with Crippen molar-refractivity contribution in [2.75, 3.05) is 4.90 Å². The highest BCUT2D eigenvalue weighted by Crippen LogP contribution is 2.46. The molecule has 0 bridgehead atoms. The molecule has 0 N–H and O–H groups in total. The third-order valence-corrected chi connectivity index (χ3v) is 14.3. The van der Waals surface area contributed by atoms with Crippen LogP contribution in [0.3, 0.4) is 0 Å². The molecule has 0 saturated carbocycles. The summed E-state index contributed by atoms with van der Waals surface area (Å²) < 4.78 is 5.04. The average molecular weight is 845 g/mol. The second-order valence-corrected chi connectivity index (χ2v) is 17.9. The van der Waals surface area contributed by atoms with Gasteiger partial charge < -0.3 is 9.47 Å². The molecule has 11 aromatic carbocycles. The van der Waals surface area contributed by atoms with Gasteiger partial charge >= 0.3 is 0 Å². The lowest BCUT2D eigenvalue weighted by atomic mass is 9.93. The molecule has 65 heavy (non-hydrogen) atoms. The lowest BCUT2D eigenvalue weighted by Crippen LogP contribution is -2.11. The third-order valence-electron chi connectivity index (χ3n) is 13.2. The minimum absolute atomic E-state index is 1.09. The highest BCUT2D eigenvalue weighted by Gasteiger charge is 2.22. The van der Waals surface area contributed by atoms with Crippen LogP contribution in [0.15, 0.2) is 243 Å². The Morgan fingerprint density at radius 2 is 0.862 bits per heavy atom. The lowest BCUT2D eigenvalue weighted by Gasteiger charge is -2.29. The zero-order chi connectivity index (χ0) is 42.8. The van der Waals surface area contributed by atoms with E-state index in [1.165, 1.54) is 85.8 Å². The maximum atomic E-state index is 2.44. The van der Waals surface area contributed by atoms with Crippen LogP contribution in [0, 0.1) is 0 Å². The molecule has 2 aromatic heterocycles. The van der Waals surface area contributed by atoms with Crippen LogP contribution in [0.1, 0.15) is 0 Å². The monoisotopic (exact) mass is 844 g/mol. The van der Waals surface area contributed by atoms with Gasteiger partial charge in [0.2, 0.25) is 0 Å². The van der Waals surface area contributed by atoms with E-state index in [0.29, 0.717) is 0 Å². The van der Waals surface area contributed by atoms with Gasteiger partial charge in [-0.15, -0.1) is 11.3 Å². The van der Waals surface area contributed by atoms with E-state index >= 15 is 0 Å². The van der Waals surface area contributed by atoms with Crippen LogP contribution >= 0.6 is 11.3 Å². The maximum Gasteiger partial charge on any atom is 0.0541 e. The second kappa shape index (κ2) is 15.2. The Balaban J connectivity index is 1.02. The van der Waals surface area contributed by atoms with Crippen LogP contribution in [0.2, 0.25) is 0 Å². The Labute approximate surface area is 381 Å². The average Bonchev–Trinajstić information content (AvgIpc) is 3.92. The first kappa shape index (κ1) is 37.3. The van der Waals surface area contributed by atoms with Crippen molar-refractivity contribution in [1.29, 1.82) is 0 Å². The van der Waals surface area contributed by atoms with Crippen molar-refractivity contribution in [1.82, 2.24) is 4.57 Å². The van der Waals surface area contributed by atoms with Gasteiger partial charge in [0.15, 0.2) is 0 Å². The van der Waals surface area contributed by atoms with Crippen molar-refractivity contribution in [2.45, 2.75) is 0 Å². The first-order valence-corrected chi connectivity index (χ1v) is 23.1. The Bertz CT molecular complexity index is 3900. The summed E-state index contributed by atoms with van der Waals surface area (Å²) in [5.74, 6) is 0. The molecule has 0 aliphatic carbocycles. The smallest absolute Gasteiger partial charge is 0.0541 e. The second-order valence-electron chi connectivity index (χ2n) is 16.8. The van der Waals surface area contributed by atoms with Gasteiger partial charge in [0.1, 0.15) is 0 Å². The van der Waals surface area contributed by atoms with Gasteiger partial charge in [-0.2, -0.15) is 0 Å². The van der Waals surface area contributed by atoms with Gasteiger partial charge in [-0.1, -0.05) is 164 Å². The van der Waals surface area contributed by atoms with E-state index in [2.05, 4.69) is 252 Å².